The van der Waals surface area contributed by atoms with Crippen LogP contribution in [-0.2, 0) is 6.42 Å². The monoisotopic (exact) mass is 360 g/mol. The maximum absolute atomic E-state index is 12.5. The quantitative estimate of drug-likeness (QED) is 0.766. The molecule has 6 nitrogen and oxygen atoms in total. The van der Waals surface area contributed by atoms with Gasteiger partial charge in [-0.25, -0.2) is 9.97 Å². The van der Waals surface area contributed by atoms with Crippen molar-refractivity contribution in [3.8, 4) is 5.75 Å². The maximum atomic E-state index is 12.5. The topological polar surface area (TPSA) is 67.3 Å². The number of carbonyl (C=O) groups excluding carboxylic acids is 1. The Morgan fingerprint density at radius 3 is 2.70 bits per heavy atom. The van der Waals surface area contributed by atoms with E-state index in [0.717, 1.165) is 30.9 Å². The van der Waals surface area contributed by atoms with Gasteiger partial charge in [0.05, 0.1) is 25.2 Å². The number of nitrogens with one attached hydrogen (secondary N) is 1. The molecule has 0 bridgehead atoms. The number of fused-ring (bicyclic) bond motifs is 1. The Kier molecular flexibility index (Phi) is 4.70. The van der Waals surface area contributed by atoms with Gasteiger partial charge in [0, 0.05) is 12.2 Å². The largest absolute Gasteiger partial charge is 0.495 e. The second kappa shape index (κ2) is 7.45. The van der Waals surface area contributed by atoms with Gasteiger partial charge >= 0.3 is 0 Å². The van der Waals surface area contributed by atoms with Crippen LogP contribution in [0.5, 0.6) is 5.75 Å². The molecule has 0 unspecified atom stereocenters. The summed E-state index contributed by atoms with van der Waals surface area (Å²) in [7, 11) is 1.57. The molecule has 1 N–H and O–H groups in total. The van der Waals surface area contributed by atoms with Gasteiger partial charge in [-0.3, -0.25) is 4.79 Å². The molecule has 1 aliphatic rings. The highest BCUT2D eigenvalue weighted by molar-refractivity contribution is 6.03. The molecule has 6 heteroatoms. The van der Waals surface area contributed by atoms with Gasteiger partial charge in [0.2, 0.25) is 0 Å². The lowest BCUT2D eigenvalue weighted by atomic mass is 10.0. The van der Waals surface area contributed by atoms with Crippen molar-refractivity contribution in [2.45, 2.75) is 12.8 Å². The predicted molar refractivity (Wildman–Crippen MR) is 105 cm³/mol. The van der Waals surface area contributed by atoms with Gasteiger partial charge in [-0.1, -0.05) is 30.3 Å². The van der Waals surface area contributed by atoms with Gasteiger partial charge in [-0.15, -0.1) is 0 Å². The Labute approximate surface area is 157 Å². The summed E-state index contributed by atoms with van der Waals surface area (Å²) < 4.78 is 5.26. The van der Waals surface area contributed by atoms with Crippen LogP contribution in [0.25, 0.3) is 0 Å². The SMILES string of the molecule is COc1ccccc1NC(=O)c1cnc(N2CCCc3ccccc32)cn1. The lowest BCUT2D eigenvalue weighted by Crippen LogP contribution is -2.25. The summed E-state index contributed by atoms with van der Waals surface area (Å²) in [4.78, 5) is 23.4. The number of benzene rings is 2. The number of anilines is 3. The zero-order chi connectivity index (χ0) is 18.6. The van der Waals surface area contributed by atoms with Crippen LogP contribution in [0.3, 0.4) is 0 Å². The second-order valence-electron chi connectivity index (χ2n) is 6.30. The molecule has 27 heavy (non-hydrogen) atoms. The Hall–Kier alpha value is -3.41. The molecule has 0 aliphatic carbocycles. The van der Waals surface area contributed by atoms with Crippen molar-refractivity contribution >= 4 is 23.1 Å². The molecule has 136 valence electrons. The standard InChI is InChI=1S/C21H20N4O2/c1-27-19-11-5-3-9-16(19)24-21(26)17-13-23-20(14-22-17)25-12-6-8-15-7-2-4-10-18(15)25/h2-5,7,9-11,13-14H,6,8,12H2,1H3,(H,24,26). The Bertz CT molecular complexity index is 956. The first-order valence-corrected chi connectivity index (χ1v) is 8.88. The molecule has 2 aromatic carbocycles. The average Bonchev–Trinajstić information content (AvgIpc) is 2.74. The number of hydrogen-bond acceptors (Lipinski definition) is 5. The van der Waals surface area contributed by atoms with Crippen LogP contribution in [0.15, 0.2) is 60.9 Å². The Morgan fingerprint density at radius 1 is 1.07 bits per heavy atom. The van der Waals surface area contributed by atoms with Crippen molar-refractivity contribution in [1.29, 1.82) is 0 Å². The first kappa shape index (κ1) is 17.0. The van der Waals surface area contributed by atoms with E-state index in [-0.39, 0.29) is 11.6 Å². The van der Waals surface area contributed by atoms with Crippen molar-refractivity contribution in [1.82, 2.24) is 9.97 Å². The summed E-state index contributed by atoms with van der Waals surface area (Å²) in [6, 6.07) is 15.6. The number of para-hydroxylation sites is 3. The van der Waals surface area contributed by atoms with Crippen molar-refractivity contribution < 1.29 is 9.53 Å². The van der Waals surface area contributed by atoms with E-state index < -0.39 is 0 Å². The van der Waals surface area contributed by atoms with Gasteiger partial charge in [0.15, 0.2) is 5.82 Å². The molecule has 3 aromatic rings. The minimum absolute atomic E-state index is 0.259. The highest BCUT2D eigenvalue weighted by Gasteiger charge is 2.19. The number of hydrogen-bond donors (Lipinski definition) is 1. The smallest absolute Gasteiger partial charge is 0.275 e. The first-order valence-electron chi connectivity index (χ1n) is 8.88. The van der Waals surface area contributed by atoms with Crippen LogP contribution in [-0.4, -0.2) is 29.5 Å². The van der Waals surface area contributed by atoms with E-state index in [1.165, 1.54) is 11.8 Å². The molecule has 0 fully saturated rings. The number of carbonyl (C=O) groups is 1. The third kappa shape index (κ3) is 3.46. The third-order valence-corrected chi connectivity index (χ3v) is 4.61. The molecule has 4 rings (SSSR count). The molecule has 0 saturated heterocycles. The summed E-state index contributed by atoms with van der Waals surface area (Å²) in [6.07, 6.45) is 5.30. The van der Waals surface area contributed by atoms with Crippen LogP contribution in [0, 0.1) is 0 Å². The maximum Gasteiger partial charge on any atom is 0.275 e. The molecule has 1 aliphatic heterocycles. The molecule has 0 spiro atoms. The molecule has 0 atom stereocenters. The van der Waals surface area contributed by atoms with Crippen LogP contribution in [0.2, 0.25) is 0 Å². The highest BCUT2D eigenvalue weighted by Crippen LogP contribution is 2.31. The predicted octanol–water partition coefficient (Wildman–Crippen LogP) is 3.82. The van der Waals surface area contributed by atoms with E-state index >= 15 is 0 Å². The molecular formula is C21H20N4O2. The molecular weight excluding hydrogens is 340 g/mol. The van der Waals surface area contributed by atoms with E-state index in [9.17, 15) is 4.79 Å². The Morgan fingerprint density at radius 2 is 1.89 bits per heavy atom. The van der Waals surface area contributed by atoms with Crippen LogP contribution < -0.4 is 15.0 Å². The van der Waals surface area contributed by atoms with E-state index in [1.807, 2.05) is 18.2 Å². The number of aryl methyl sites for hydroxylation is 1. The molecule has 1 aromatic heterocycles. The number of nitrogens with zero attached hydrogens (tertiary/aromatic N) is 3. The fraction of sp³-hybridized carbons (Fsp3) is 0.190. The zero-order valence-corrected chi connectivity index (χ0v) is 15.1. The van der Waals surface area contributed by atoms with Crippen molar-refractivity contribution in [2.24, 2.45) is 0 Å². The minimum Gasteiger partial charge on any atom is -0.495 e. The third-order valence-electron chi connectivity index (χ3n) is 4.61. The average molecular weight is 360 g/mol. The van der Waals surface area contributed by atoms with Gasteiger partial charge in [0.25, 0.3) is 5.91 Å². The highest BCUT2D eigenvalue weighted by atomic mass is 16.5. The van der Waals surface area contributed by atoms with Crippen molar-refractivity contribution in [2.75, 3.05) is 23.9 Å². The fourth-order valence-electron chi connectivity index (χ4n) is 3.28. The summed E-state index contributed by atoms with van der Waals surface area (Å²) in [5.74, 6) is 1.02. The van der Waals surface area contributed by atoms with Gasteiger partial charge in [0.1, 0.15) is 11.4 Å². The van der Waals surface area contributed by atoms with Crippen molar-refractivity contribution in [3.63, 3.8) is 0 Å². The van der Waals surface area contributed by atoms with E-state index in [0.29, 0.717) is 11.4 Å². The van der Waals surface area contributed by atoms with Crippen LogP contribution >= 0.6 is 0 Å². The van der Waals surface area contributed by atoms with Gasteiger partial charge in [-0.2, -0.15) is 0 Å². The lowest BCUT2D eigenvalue weighted by Gasteiger charge is -2.30. The van der Waals surface area contributed by atoms with E-state index in [1.54, 1.807) is 25.4 Å². The lowest BCUT2D eigenvalue weighted by molar-refractivity contribution is 0.102. The van der Waals surface area contributed by atoms with E-state index in [2.05, 4.69) is 38.4 Å². The Balaban J connectivity index is 1.54. The van der Waals surface area contributed by atoms with Crippen LogP contribution in [0.4, 0.5) is 17.2 Å². The summed E-state index contributed by atoms with van der Waals surface area (Å²) in [5.41, 5.74) is 3.32. The summed E-state index contributed by atoms with van der Waals surface area (Å²) >= 11 is 0. The number of ether oxygens (including phenoxy) is 1. The minimum atomic E-state index is -0.322. The molecule has 0 saturated carbocycles. The number of amides is 1. The van der Waals surface area contributed by atoms with Gasteiger partial charge < -0.3 is 15.0 Å². The van der Waals surface area contributed by atoms with E-state index in [4.69, 9.17) is 4.74 Å². The number of rotatable bonds is 4. The first-order chi connectivity index (χ1) is 13.3. The fourth-order valence-corrected chi connectivity index (χ4v) is 3.28. The summed E-state index contributed by atoms with van der Waals surface area (Å²) in [6.45, 7) is 0.887. The molecule has 1 amide bonds. The van der Waals surface area contributed by atoms with Crippen LogP contribution in [0.1, 0.15) is 22.5 Å². The van der Waals surface area contributed by atoms with Crippen molar-refractivity contribution in [3.05, 3.63) is 72.2 Å². The molecule has 2 heterocycles. The van der Waals surface area contributed by atoms with Gasteiger partial charge in [-0.05, 0) is 36.6 Å². The normalized spacial score (nSPS) is 13.0. The second-order valence-corrected chi connectivity index (χ2v) is 6.30. The summed E-state index contributed by atoms with van der Waals surface area (Å²) in [5, 5.41) is 2.81. The number of methoxy groups -OCH3 is 1. The zero-order valence-electron chi connectivity index (χ0n) is 15.1. The molecule has 0 radical (unpaired) electrons. The number of aromatic nitrogens is 2.